The lowest BCUT2D eigenvalue weighted by atomic mass is 10.1. The van der Waals surface area contributed by atoms with Gasteiger partial charge < -0.3 is 55.4 Å². The molecule has 3 aromatic heterocycles. The summed E-state index contributed by atoms with van der Waals surface area (Å²) < 4.78 is 61.1. The topological polar surface area (TPSA) is 390 Å². The van der Waals surface area contributed by atoms with E-state index in [1.54, 1.807) is 107 Å². The molecule has 0 saturated heterocycles. The minimum absolute atomic E-state index is 0.0815. The molecule has 0 saturated carbocycles. The van der Waals surface area contributed by atoms with E-state index in [1.165, 1.54) is 16.5 Å². The van der Waals surface area contributed by atoms with Gasteiger partial charge in [0.15, 0.2) is 16.9 Å². The number of aliphatic hydroxyl groups is 2. The molecule has 8 aromatic rings. The minimum Gasteiger partial charge on any atom is -0.506 e. The number of rotatable bonds is 22. The maximum atomic E-state index is 12.2. The first kappa shape index (κ1) is 75.1. The number of carbonyl (C=O) groups excluding carboxylic acids is 5. The highest BCUT2D eigenvalue weighted by Gasteiger charge is 2.29. The zero-order valence-electron chi connectivity index (χ0n) is 54.0. The van der Waals surface area contributed by atoms with Crippen molar-refractivity contribution in [2.24, 2.45) is 0 Å². The maximum Gasteiger partial charge on any atom is 0.352 e. The highest BCUT2D eigenvalue weighted by atomic mass is 32.2. The molecule has 5 aromatic carbocycles. The van der Waals surface area contributed by atoms with Crippen molar-refractivity contribution in [1.82, 2.24) is 29.3 Å². The van der Waals surface area contributed by atoms with Crippen molar-refractivity contribution in [2.45, 2.75) is 54.3 Å². The van der Waals surface area contributed by atoms with Crippen LogP contribution in [0.4, 0.5) is 17.5 Å². The van der Waals surface area contributed by atoms with Gasteiger partial charge in [-0.05, 0) is 34.6 Å². The smallest absolute Gasteiger partial charge is 0.352 e. The van der Waals surface area contributed by atoms with Gasteiger partial charge in [-0.2, -0.15) is 34.2 Å². The monoisotopic (exact) mass is 1330 g/mol. The summed E-state index contributed by atoms with van der Waals surface area (Å²) in [6.07, 6.45) is 0.957. The number of fused-ring (bicyclic) bond motifs is 1. The number of nitrogens with one attached hydrogen (secondary N) is 1. The van der Waals surface area contributed by atoms with E-state index in [0.29, 0.717) is 45.9 Å². The Morgan fingerprint density at radius 3 is 1.31 bits per heavy atom. The van der Waals surface area contributed by atoms with Gasteiger partial charge in [0.25, 0.3) is 10.1 Å². The van der Waals surface area contributed by atoms with Gasteiger partial charge in [0, 0.05) is 34.4 Å². The number of methoxy groups -OCH3 is 1. The van der Waals surface area contributed by atoms with Crippen LogP contribution in [0.3, 0.4) is 0 Å². The SMILES string of the molecule is CCOC(=O)/C(C#N)=C(/O)c1ccccc1.CCOC(=O)/C(C#N)=C(/OC)c1ccccc1.CCOC(=O)c1c(-c2ccccc2)nn(CCO)c1N.CCOC(=O)c1c(-c2ccccc2)nn(CCOS(C)(=O)=O)c1N.CCOC(=O)c1c(-c2ccccc2)nn2c1NCC2. The van der Waals surface area contributed by atoms with Crippen LogP contribution in [0.15, 0.2) is 163 Å². The summed E-state index contributed by atoms with van der Waals surface area (Å²) in [7, 11) is -2.15. The van der Waals surface area contributed by atoms with Gasteiger partial charge in [-0.3, -0.25) is 4.18 Å². The Morgan fingerprint density at radius 2 is 0.927 bits per heavy atom. The van der Waals surface area contributed by atoms with Crippen LogP contribution in [0.1, 0.15) is 76.8 Å². The highest BCUT2D eigenvalue weighted by Crippen LogP contribution is 2.33. The molecule has 4 heterocycles. The molecule has 0 radical (unpaired) electrons. The van der Waals surface area contributed by atoms with Gasteiger partial charge in [-0.25, -0.2) is 38.0 Å². The van der Waals surface area contributed by atoms with Crippen LogP contribution in [0, 0.1) is 22.7 Å². The summed E-state index contributed by atoms with van der Waals surface area (Å²) in [5.41, 5.74) is 17.4. The molecule has 28 heteroatoms. The van der Waals surface area contributed by atoms with E-state index in [1.807, 2.05) is 95.7 Å². The lowest BCUT2D eigenvalue weighted by Crippen LogP contribution is -2.14. The second kappa shape index (κ2) is 38.4. The van der Waals surface area contributed by atoms with Gasteiger partial charge >= 0.3 is 29.8 Å². The summed E-state index contributed by atoms with van der Waals surface area (Å²) in [4.78, 5) is 59.3. The maximum absolute atomic E-state index is 12.2. The number of esters is 5. The number of nitrogens with zero attached hydrogens (tertiary/aromatic N) is 8. The Hall–Kier alpha value is -11.6. The molecule has 27 nitrogen and oxygen atoms in total. The number of nitriles is 2. The van der Waals surface area contributed by atoms with Gasteiger partial charge in [0.1, 0.15) is 69.1 Å². The summed E-state index contributed by atoms with van der Waals surface area (Å²) in [5.74, 6) is -1.96. The van der Waals surface area contributed by atoms with Gasteiger partial charge in [0.2, 0.25) is 0 Å². The molecule has 96 heavy (non-hydrogen) atoms. The molecule has 0 spiro atoms. The molecule has 1 aliphatic heterocycles. The molecule has 0 fully saturated rings. The molecule has 0 aliphatic carbocycles. The Kier molecular flexibility index (Phi) is 30.1. The first-order valence-electron chi connectivity index (χ1n) is 29.9. The zero-order valence-corrected chi connectivity index (χ0v) is 54.8. The fourth-order valence-electron chi connectivity index (χ4n) is 8.83. The van der Waals surface area contributed by atoms with Gasteiger partial charge in [-0.15, -0.1) is 0 Å². The van der Waals surface area contributed by atoms with E-state index in [9.17, 15) is 37.5 Å². The van der Waals surface area contributed by atoms with E-state index >= 15 is 0 Å². The van der Waals surface area contributed by atoms with E-state index in [2.05, 4.69) is 25.3 Å². The van der Waals surface area contributed by atoms with E-state index in [0.717, 1.165) is 36.3 Å². The number of nitrogens with two attached hydrogens (primary N) is 2. The number of aliphatic hydroxyl groups excluding tert-OH is 2. The van der Waals surface area contributed by atoms with Crippen molar-refractivity contribution >= 4 is 68.9 Å². The van der Waals surface area contributed by atoms with Gasteiger partial charge in [0.05, 0.1) is 79.2 Å². The summed E-state index contributed by atoms with van der Waals surface area (Å²) in [6.45, 7) is 11.4. The van der Waals surface area contributed by atoms with Crippen LogP contribution in [0.25, 0.3) is 45.3 Å². The normalized spacial score (nSPS) is 11.4. The molecular formula is C68H75N11O16S. The Labute approximate surface area is 555 Å². The Balaban J connectivity index is 0.000000219. The molecule has 7 N–H and O–H groups in total. The van der Waals surface area contributed by atoms with Crippen LogP contribution in [0.5, 0.6) is 0 Å². The second-order valence-corrected chi connectivity index (χ2v) is 21.1. The number of anilines is 3. The van der Waals surface area contributed by atoms with Crippen molar-refractivity contribution in [3.05, 3.63) is 191 Å². The number of carbonyl (C=O) groups is 5. The lowest BCUT2D eigenvalue weighted by Gasteiger charge is -2.08. The molecule has 0 amide bonds. The van der Waals surface area contributed by atoms with Crippen molar-refractivity contribution in [1.29, 1.82) is 10.5 Å². The quantitative estimate of drug-likeness (QED) is 0.0105. The van der Waals surface area contributed by atoms with Crippen LogP contribution in [-0.2, 0) is 71.9 Å². The minimum atomic E-state index is -3.56. The lowest BCUT2D eigenvalue weighted by molar-refractivity contribution is -0.139. The molecule has 0 atom stereocenters. The number of nitrogen functional groups attached to an aromatic ring is 2. The summed E-state index contributed by atoms with van der Waals surface area (Å²) in [6, 6.07) is 48.8. The number of hydrogen-bond donors (Lipinski definition) is 5. The largest absolute Gasteiger partial charge is 0.506 e. The highest BCUT2D eigenvalue weighted by molar-refractivity contribution is 7.86. The third-order valence-corrected chi connectivity index (χ3v) is 13.6. The summed E-state index contributed by atoms with van der Waals surface area (Å²) in [5, 5.41) is 52.9. The van der Waals surface area contributed by atoms with Crippen LogP contribution in [0.2, 0.25) is 0 Å². The molecule has 504 valence electrons. The zero-order chi connectivity index (χ0) is 70.2. The fraction of sp³-hybridized carbons (Fsp3) is 0.265. The predicted octanol–water partition coefficient (Wildman–Crippen LogP) is 8.91. The van der Waals surface area contributed by atoms with E-state index in [4.69, 9.17) is 55.0 Å². The number of aromatic nitrogens is 6. The van der Waals surface area contributed by atoms with Crippen LogP contribution >= 0.6 is 0 Å². The predicted molar refractivity (Wildman–Crippen MR) is 357 cm³/mol. The van der Waals surface area contributed by atoms with Crippen molar-refractivity contribution < 1.29 is 75.2 Å². The number of ether oxygens (including phenoxy) is 6. The molecule has 0 bridgehead atoms. The molecule has 9 rings (SSSR count). The molecular weight excluding hydrogens is 1260 g/mol. The third-order valence-electron chi connectivity index (χ3n) is 13.0. The second-order valence-electron chi connectivity index (χ2n) is 19.4. The van der Waals surface area contributed by atoms with E-state index in [-0.39, 0.29) is 104 Å². The fourth-order valence-corrected chi connectivity index (χ4v) is 9.21. The van der Waals surface area contributed by atoms with E-state index < -0.39 is 34.0 Å². The first-order chi connectivity index (χ1) is 46.3. The summed E-state index contributed by atoms with van der Waals surface area (Å²) >= 11 is 0. The van der Waals surface area contributed by atoms with Crippen molar-refractivity contribution in [3.8, 4) is 45.9 Å². The first-order valence-corrected chi connectivity index (χ1v) is 31.8. The van der Waals surface area contributed by atoms with Crippen molar-refractivity contribution in [2.75, 3.05) is 82.9 Å². The van der Waals surface area contributed by atoms with Crippen molar-refractivity contribution in [3.63, 3.8) is 0 Å². The number of hydrogen-bond acceptors (Lipinski definition) is 24. The average Bonchev–Trinajstić information content (AvgIpc) is 1.64. The van der Waals surface area contributed by atoms with Crippen LogP contribution in [-0.4, -0.2) is 144 Å². The molecule has 1 aliphatic rings. The Morgan fingerprint density at radius 1 is 0.552 bits per heavy atom. The van der Waals surface area contributed by atoms with Crippen LogP contribution < -0.4 is 16.8 Å². The van der Waals surface area contributed by atoms with Gasteiger partial charge in [-0.1, -0.05) is 152 Å². The Bertz CT molecular complexity index is 4150. The average molecular weight is 1330 g/mol. The third kappa shape index (κ3) is 21.0. The molecule has 0 unspecified atom stereocenters. The number of benzene rings is 5. The standard InChI is InChI=1S/C15H19N3O5S.C14H17N3O3.C14H15N3O2.C13H13NO3.C12H11NO3/c1-3-22-15(19)12-13(11-7-5-4-6-8-11)17-18(14(12)16)9-10-23-24(2,20)21;1-2-20-14(19)11-12(10-6-4-3-5-7-10)16-17(8-9-18)13(11)15;1-2-19-14(18)11-12(10-6-4-3-5-7-10)16-17-9-8-15-13(11)17;1-3-17-13(15)11(9-14)12(16-2)10-7-5-4-6-8-10;1-2-16-12(15)10(8-13)11(14)9-6-4-3-5-7-9/h4-8H,3,9-10,16H2,1-2H3;3-7,18H,2,8-9,15H2,1H3;3-7,15H,2,8-9H2,1H3;4-8H,3H2,1-2H3;3-7,14H,2H2,1H3/b;;;12-11+;11-10+.